The van der Waals surface area contributed by atoms with Gasteiger partial charge in [0.1, 0.15) is 5.75 Å². The van der Waals surface area contributed by atoms with E-state index in [1.54, 1.807) is 7.11 Å². The van der Waals surface area contributed by atoms with E-state index >= 15 is 0 Å². The molecule has 0 aromatic heterocycles. The summed E-state index contributed by atoms with van der Waals surface area (Å²) < 4.78 is 5.25. The minimum atomic E-state index is 0.460. The van der Waals surface area contributed by atoms with E-state index in [1.165, 1.54) is 37.7 Å². The smallest absolute Gasteiger partial charge is 0.118 e. The molecule has 2 unspecified atom stereocenters. The predicted octanol–water partition coefficient (Wildman–Crippen LogP) is 5.09. The molecule has 21 heavy (non-hydrogen) atoms. The van der Waals surface area contributed by atoms with Gasteiger partial charge in [0.15, 0.2) is 0 Å². The predicted molar refractivity (Wildman–Crippen MR) is 89.8 cm³/mol. The molecule has 1 fully saturated rings. The van der Waals surface area contributed by atoms with Crippen molar-refractivity contribution in [3.05, 3.63) is 29.8 Å². The molecule has 0 radical (unpaired) electrons. The van der Waals surface area contributed by atoms with Crippen molar-refractivity contribution >= 4 is 0 Å². The molecule has 1 aliphatic rings. The maximum atomic E-state index is 5.25. The van der Waals surface area contributed by atoms with Crippen LogP contribution in [0.5, 0.6) is 5.75 Å². The Morgan fingerprint density at radius 3 is 2.52 bits per heavy atom. The van der Waals surface area contributed by atoms with Gasteiger partial charge in [-0.3, -0.25) is 0 Å². The van der Waals surface area contributed by atoms with Gasteiger partial charge in [0.25, 0.3) is 0 Å². The zero-order valence-electron chi connectivity index (χ0n) is 14.1. The Kier molecular flexibility index (Phi) is 5.69. The molecular formula is C19H31NO. The number of methoxy groups -OCH3 is 1. The number of nitrogens with one attached hydrogen (secondary N) is 1. The zero-order valence-corrected chi connectivity index (χ0v) is 14.1. The van der Waals surface area contributed by atoms with Crippen molar-refractivity contribution in [3.63, 3.8) is 0 Å². The second kappa shape index (κ2) is 7.31. The lowest BCUT2D eigenvalue weighted by molar-refractivity contribution is 0.306. The summed E-state index contributed by atoms with van der Waals surface area (Å²) in [5.74, 6) is 0.935. The average molecular weight is 289 g/mol. The first-order chi connectivity index (χ1) is 10.0. The summed E-state index contributed by atoms with van der Waals surface area (Å²) in [4.78, 5) is 0. The summed E-state index contributed by atoms with van der Waals surface area (Å²) in [7, 11) is 1.72. The fourth-order valence-corrected chi connectivity index (χ4v) is 3.40. The maximum absolute atomic E-state index is 5.25. The standard InChI is InChI=1S/C19H31NO/c1-5-18(15-8-10-17(21-4)11-9-15)20-16-7-6-13-19(2,3)14-12-16/h8-11,16,18,20H,5-7,12-14H2,1-4H3. The molecule has 1 N–H and O–H groups in total. The van der Waals surface area contributed by atoms with Crippen LogP contribution in [0.25, 0.3) is 0 Å². The largest absolute Gasteiger partial charge is 0.497 e. The molecule has 118 valence electrons. The molecule has 2 nitrogen and oxygen atoms in total. The Balaban J connectivity index is 1.97. The average Bonchev–Trinajstić information content (AvgIpc) is 2.66. The lowest BCUT2D eigenvalue weighted by Crippen LogP contribution is -2.32. The SMILES string of the molecule is CCC(NC1CCCC(C)(C)CC1)c1ccc(OC)cc1. The second-order valence-corrected chi connectivity index (χ2v) is 7.19. The molecule has 1 aliphatic carbocycles. The van der Waals surface area contributed by atoms with Crippen molar-refractivity contribution in [1.82, 2.24) is 5.32 Å². The quantitative estimate of drug-likeness (QED) is 0.762. The lowest BCUT2D eigenvalue weighted by atomic mass is 9.85. The first-order valence-corrected chi connectivity index (χ1v) is 8.44. The van der Waals surface area contributed by atoms with Crippen molar-refractivity contribution in [2.45, 2.75) is 71.4 Å². The molecule has 0 amide bonds. The molecule has 2 atom stereocenters. The summed E-state index contributed by atoms with van der Waals surface area (Å²) >= 11 is 0. The molecule has 0 aliphatic heterocycles. The van der Waals surface area contributed by atoms with Crippen molar-refractivity contribution < 1.29 is 4.74 Å². The number of hydrogen-bond donors (Lipinski definition) is 1. The van der Waals surface area contributed by atoms with E-state index in [0.29, 0.717) is 17.5 Å². The van der Waals surface area contributed by atoms with E-state index in [1.807, 2.05) is 0 Å². The highest BCUT2D eigenvalue weighted by molar-refractivity contribution is 5.29. The molecule has 0 saturated heterocycles. The van der Waals surface area contributed by atoms with Gasteiger partial charge in [-0.15, -0.1) is 0 Å². The van der Waals surface area contributed by atoms with E-state index in [2.05, 4.69) is 50.4 Å². The minimum absolute atomic E-state index is 0.460. The summed E-state index contributed by atoms with van der Waals surface area (Å²) in [6.07, 6.45) is 7.81. The molecule has 2 heteroatoms. The molecule has 1 saturated carbocycles. The van der Waals surface area contributed by atoms with Crippen LogP contribution < -0.4 is 10.1 Å². The van der Waals surface area contributed by atoms with Crippen LogP contribution in [-0.2, 0) is 0 Å². The summed E-state index contributed by atoms with van der Waals surface area (Å²) in [5.41, 5.74) is 1.90. The van der Waals surface area contributed by atoms with Gasteiger partial charge in [-0.1, -0.05) is 39.3 Å². The molecule has 0 spiro atoms. The van der Waals surface area contributed by atoms with Crippen LogP contribution in [-0.4, -0.2) is 13.2 Å². The molecule has 0 bridgehead atoms. The van der Waals surface area contributed by atoms with Gasteiger partial charge in [0, 0.05) is 12.1 Å². The third kappa shape index (κ3) is 4.74. The van der Waals surface area contributed by atoms with Crippen LogP contribution >= 0.6 is 0 Å². The Morgan fingerprint density at radius 1 is 1.19 bits per heavy atom. The van der Waals surface area contributed by atoms with Crippen molar-refractivity contribution in [2.24, 2.45) is 5.41 Å². The van der Waals surface area contributed by atoms with Crippen molar-refractivity contribution in [2.75, 3.05) is 7.11 Å². The van der Waals surface area contributed by atoms with Gasteiger partial charge in [-0.2, -0.15) is 0 Å². The van der Waals surface area contributed by atoms with E-state index in [0.717, 1.165) is 12.2 Å². The zero-order chi connectivity index (χ0) is 15.3. The van der Waals surface area contributed by atoms with Gasteiger partial charge >= 0.3 is 0 Å². The third-order valence-corrected chi connectivity index (χ3v) is 4.94. The highest BCUT2D eigenvalue weighted by Crippen LogP contribution is 2.34. The van der Waals surface area contributed by atoms with Crippen LogP contribution in [0.2, 0.25) is 0 Å². The van der Waals surface area contributed by atoms with Gasteiger partial charge in [-0.05, 0) is 55.2 Å². The van der Waals surface area contributed by atoms with Gasteiger partial charge in [-0.25, -0.2) is 0 Å². The molecule has 2 rings (SSSR count). The fourth-order valence-electron chi connectivity index (χ4n) is 3.40. The summed E-state index contributed by atoms with van der Waals surface area (Å²) in [5, 5.41) is 3.90. The monoisotopic (exact) mass is 289 g/mol. The van der Waals surface area contributed by atoms with Gasteiger partial charge in [0.05, 0.1) is 7.11 Å². The van der Waals surface area contributed by atoms with Crippen LogP contribution in [0, 0.1) is 5.41 Å². The third-order valence-electron chi connectivity index (χ3n) is 4.94. The van der Waals surface area contributed by atoms with Gasteiger partial charge < -0.3 is 10.1 Å². The summed E-state index contributed by atoms with van der Waals surface area (Å²) in [6.45, 7) is 7.09. The Bertz CT molecular complexity index is 424. The molecular weight excluding hydrogens is 258 g/mol. The van der Waals surface area contributed by atoms with Gasteiger partial charge in [0.2, 0.25) is 0 Å². The van der Waals surface area contributed by atoms with Crippen LogP contribution in [0.15, 0.2) is 24.3 Å². The topological polar surface area (TPSA) is 21.3 Å². The summed E-state index contributed by atoms with van der Waals surface area (Å²) in [6, 6.07) is 9.65. The maximum Gasteiger partial charge on any atom is 0.118 e. The molecule has 1 aromatic carbocycles. The molecule has 1 aromatic rings. The van der Waals surface area contributed by atoms with Crippen LogP contribution in [0.3, 0.4) is 0 Å². The lowest BCUT2D eigenvalue weighted by Gasteiger charge is -2.26. The first-order valence-electron chi connectivity index (χ1n) is 8.44. The highest BCUT2D eigenvalue weighted by Gasteiger charge is 2.25. The van der Waals surface area contributed by atoms with E-state index in [9.17, 15) is 0 Å². The van der Waals surface area contributed by atoms with E-state index < -0.39 is 0 Å². The second-order valence-electron chi connectivity index (χ2n) is 7.19. The van der Waals surface area contributed by atoms with E-state index in [-0.39, 0.29) is 0 Å². The fraction of sp³-hybridized carbons (Fsp3) is 0.684. The number of hydrogen-bond acceptors (Lipinski definition) is 2. The Labute approximate surface area is 130 Å². The number of rotatable bonds is 5. The normalized spacial score (nSPS) is 23.3. The van der Waals surface area contributed by atoms with Crippen LogP contribution in [0.4, 0.5) is 0 Å². The van der Waals surface area contributed by atoms with Crippen molar-refractivity contribution in [3.8, 4) is 5.75 Å². The Hall–Kier alpha value is -1.02. The first kappa shape index (κ1) is 16.4. The minimum Gasteiger partial charge on any atom is -0.497 e. The van der Waals surface area contributed by atoms with E-state index in [4.69, 9.17) is 4.74 Å². The number of benzene rings is 1. The highest BCUT2D eigenvalue weighted by atomic mass is 16.5. The molecule has 0 heterocycles. The Morgan fingerprint density at radius 2 is 1.90 bits per heavy atom. The van der Waals surface area contributed by atoms with Crippen molar-refractivity contribution in [1.29, 1.82) is 0 Å². The number of ether oxygens (including phenoxy) is 1. The van der Waals surface area contributed by atoms with Crippen LogP contribution in [0.1, 0.15) is 70.9 Å².